The highest BCUT2D eigenvalue weighted by atomic mass is 35.5. The van der Waals surface area contributed by atoms with E-state index in [1.54, 1.807) is 60.7 Å². The second-order valence-electron chi connectivity index (χ2n) is 7.46. The Bertz CT molecular complexity index is 1140. The summed E-state index contributed by atoms with van der Waals surface area (Å²) in [5.74, 6) is -1.62. The van der Waals surface area contributed by atoms with E-state index in [4.69, 9.17) is 11.6 Å². The van der Waals surface area contributed by atoms with Crippen LogP contribution in [0.4, 0.5) is 5.69 Å². The van der Waals surface area contributed by atoms with Gasteiger partial charge in [0.1, 0.15) is 5.54 Å². The van der Waals surface area contributed by atoms with E-state index in [9.17, 15) is 19.5 Å². The normalized spacial score (nSPS) is 13.8. The first-order valence-electron chi connectivity index (χ1n) is 9.70. The van der Waals surface area contributed by atoms with Crippen LogP contribution in [-0.2, 0) is 4.79 Å². The van der Waals surface area contributed by atoms with Gasteiger partial charge in [-0.15, -0.1) is 0 Å². The van der Waals surface area contributed by atoms with E-state index < -0.39 is 17.4 Å². The van der Waals surface area contributed by atoms with E-state index in [-0.39, 0.29) is 5.91 Å². The number of carbonyl (C=O) groups excluding carboxylic acids is 2. The molecule has 156 valence electrons. The Labute approximate surface area is 183 Å². The van der Waals surface area contributed by atoms with E-state index in [1.807, 2.05) is 12.1 Å². The van der Waals surface area contributed by atoms with E-state index >= 15 is 0 Å². The van der Waals surface area contributed by atoms with E-state index in [0.717, 1.165) is 11.1 Å². The molecule has 31 heavy (non-hydrogen) atoms. The van der Waals surface area contributed by atoms with Crippen LogP contribution >= 0.6 is 11.6 Å². The van der Waals surface area contributed by atoms with Crippen molar-refractivity contribution in [3.8, 4) is 11.1 Å². The van der Waals surface area contributed by atoms with Gasteiger partial charge in [-0.25, -0.2) is 4.79 Å². The average molecular weight is 435 g/mol. The van der Waals surface area contributed by atoms with Crippen molar-refractivity contribution in [1.82, 2.24) is 5.32 Å². The molecule has 0 aromatic heterocycles. The van der Waals surface area contributed by atoms with Gasteiger partial charge in [0.05, 0.1) is 0 Å². The van der Waals surface area contributed by atoms with E-state index in [1.165, 1.54) is 0 Å². The molecule has 6 nitrogen and oxygen atoms in total. The summed E-state index contributed by atoms with van der Waals surface area (Å²) >= 11 is 5.85. The zero-order valence-corrected chi connectivity index (χ0v) is 17.1. The van der Waals surface area contributed by atoms with Crippen molar-refractivity contribution >= 4 is 35.1 Å². The lowest BCUT2D eigenvalue weighted by molar-refractivity contribution is -0.140. The molecule has 1 aliphatic carbocycles. The molecule has 2 amide bonds. The minimum atomic E-state index is -1.11. The molecule has 1 aliphatic rings. The van der Waals surface area contributed by atoms with Crippen molar-refractivity contribution in [2.75, 3.05) is 5.32 Å². The molecule has 0 aliphatic heterocycles. The standard InChI is InChI=1S/C24H19ClN2O4/c25-19-9-5-17(6-10-19)21(28)26-20-11-7-16(8-12-20)15-1-3-18(4-2-15)22(29)27-24(13-14-24)23(30)31/h1-12H,13-14H2,(H,26,28)(H,27,29)(H,30,31). The maximum absolute atomic E-state index is 12.3. The Morgan fingerprint density at radius 2 is 1.23 bits per heavy atom. The first-order chi connectivity index (χ1) is 14.9. The molecular weight excluding hydrogens is 416 g/mol. The second kappa shape index (κ2) is 8.24. The summed E-state index contributed by atoms with van der Waals surface area (Å²) in [5, 5.41) is 15.2. The van der Waals surface area contributed by atoms with Crippen molar-refractivity contribution in [3.63, 3.8) is 0 Å². The van der Waals surface area contributed by atoms with E-state index in [2.05, 4.69) is 10.6 Å². The quantitative estimate of drug-likeness (QED) is 0.528. The van der Waals surface area contributed by atoms with Crippen molar-refractivity contribution in [2.45, 2.75) is 18.4 Å². The maximum atomic E-state index is 12.3. The van der Waals surface area contributed by atoms with Gasteiger partial charge in [0, 0.05) is 21.8 Å². The van der Waals surface area contributed by atoms with Gasteiger partial charge in [0.2, 0.25) is 0 Å². The third-order valence-electron chi connectivity index (χ3n) is 5.24. The van der Waals surface area contributed by atoms with Crippen LogP contribution in [0, 0.1) is 0 Å². The molecule has 0 spiro atoms. The number of hydrogen-bond donors (Lipinski definition) is 3. The molecule has 0 saturated heterocycles. The summed E-state index contributed by atoms with van der Waals surface area (Å²) in [4.78, 5) is 35.8. The molecule has 3 aromatic rings. The number of anilines is 1. The topological polar surface area (TPSA) is 95.5 Å². The fourth-order valence-corrected chi connectivity index (χ4v) is 3.30. The summed E-state index contributed by atoms with van der Waals surface area (Å²) < 4.78 is 0. The van der Waals surface area contributed by atoms with Crippen LogP contribution in [0.2, 0.25) is 5.02 Å². The molecule has 0 bridgehead atoms. The lowest BCUT2D eigenvalue weighted by atomic mass is 10.0. The largest absolute Gasteiger partial charge is 0.480 e. The zero-order valence-electron chi connectivity index (χ0n) is 16.4. The van der Waals surface area contributed by atoms with Gasteiger partial charge in [-0.3, -0.25) is 9.59 Å². The fraction of sp³-hybridized carbons (Fsp3) is 0.125. The predicted molar refractivity (Wildman–Crippen MR) is 118 cm³/mol. The number of nitrogens with one attached hydrogen (secondary N) is 2. The number of halogens is 1. The molecule has 3 N–H and O–H groups in total. The molecule has 0 atom stereocenters. The number of carboxylic acids is 1. The lowest BCUT2D eigenvalue weighted by Crippen LogP contribution is -2.43. The Morgan fingerprint density at radius 1 is 0.742 bits per heavy atom. The Morgan fingerprint density at radius 3 is 1.74 bits per heavy atom. The molecule has 3 aromatic carbocycles. The minimum absolute atomic E-state index is 0.227. The van der Waals surface area contributed by atoms with Crippen LogP contribution in [0.1, 0.15) is 33.6 Å². The molecule has 1 fully saturated rings. The van der Waals surface area contributed by atoms with Gasteiger partial charge in [0.25, 0.3) is 11.8 Å². The Balaban J connectivity index is 1.41. The Kier molecular flexibility index (Phi) is 5.48. The second-order valence-corrected chi connectivity index (χ2v) is 7.89. The summed E-state index contributed by atoms with van der Waals surface area (Å²) in [5.41, 5.74) is 2.28. The van der Waals surface area contributed by atoms with Crippen molar-refractivity contribution in [2.24, 2.45) is 0 Å². The van der Waals surface area contributed by atoms with Crippen LogP contribution in [0.5, 0.6) is 0 Å². The van der Waals surface area contributed by atoms with Crippen molar-refractivity contribution in [1.29, 1.82) is 0 Å². The predicted octanol–water partition coefficient (Wildman–Crippen LogP) is 4.61. The van der Waals surface area contributed by atoms with Gasteiger partial charge < -0.3 is 15.7 Å². The van der Waals surface area contributed by atoms with Crippen LogP contribution < -0.4 is 10.6 Å². The molecule has 1 saturated carbocycles. The zero-order chi connectivity index (χ0) is 22.0. The van der Waals surface area contributed by atoms with Crippen LogP contribution in [-0.4, -0.2) is 28.4 Å². The van der Waals surface area contributed by atoms with Gasteiger partial charge in [-0.1, -0.05) is 35.9 Å². The number of hydrogen-bond acceptors (Lipinski definition) is 3. The average Bonchev–Trinajstić information content (AvgIpc) is 3.56. The third-order valence-corrected chi connectivity index (χ3v) is 5.49. The summed E-state index contributed by atoms with van der Waals surface area (Å²) in [6.45, 7) is 0. The number of benzene rings is 3. The first-order valence-corrected chi connectivity index (χ1v) is 10.1. The fourth-order valence-electron chi connectivity index (χ4n) is 3.17. The number of aliphatic carboxylic acids is 1. The van der Waals surface area contributed by atoms with Crippen LogP contribution in [0.3, 0.4) is 0 Å². The van der Waals surface area contributed by atoms with Crippen molar-refractivity contribution < 1.29 is 19.5 Å². The van der Waals surface area contributed by atoms with Crippen LogP contribution in [0.15, 0.2) is 72.8 Å². The molecule has 0 radical (unpaired) electrons. The smallest absolute Gasteiger partial charge is 0.329 e. The highest BCUT2D eigenvalue weighted by molar-refractivity contribution is 6.30. The number of carbonyl (C=O) groups is 3. The summed E-state index contributed by atoms with van der Waals surface area (Å²) in [6, 6.07) is 20.9. The molecule has 0 heterocycles. The highest BCUT2D eigenvalue weighted by Gasteiger charge is 2.51. The molecule has 7 heteroatoms. The monoisotopic (exact) mass is 434 g/mol. The van der Waals surface area contributed by atoms with Gasteiger partial charge in [-0.2, -0.15) is 0 Å². The van der Waals surface area contributed by atoms with Crippen molar-refractivity contribution in [3.05, 3.63) is 88.9 Å². The Hall–Kier alpha value is -3.64. The van der Waals surface area contributed by atoms with Gasteiger partial charge >= 0.3 is 5.97 Å². The number of carboxylic acid groups (broad SMARTS) is 1. The molecule has 4 rings (SSSR count). The van der Waals surface area contributed by atoms with Gasteiger partial charge in [0.15, 0.2) is 0 Å². The van der Waals surface area contributed by atoms with E-state index in [0.29, 0.717) is 34.7 Å². The maximum Gasteiger partial charge on any atom is 0.329 e. The first kappa shape index (κ1) is 20.6. The number of amides is 2. The number of rotatable bonds is 6. The molecular formula is C24H19ClN2O4. The lowest BCUT2D eigenvalue weighted by Gasteiger charge is -2.12. The third kappa shape index (κ3) is 4.59. The summed E-state index contributed by atoms with van der Waals surface area (Å²) in [6.07, 6.45) is 0.903. The summed E-state index contributed by atoms with van der Waals surface area (Å²) in [7, 11) is 0. The molecule has 0 unspecified atom stereocenters. The minimum Gasteiger partial charge on any atom is -0.480 e. The SMILES string of the molecule is O=C(Nc1ccc(-c2ccc(C(=O)NC3(C(=O)O)CC3)cc2)cc1)c1ccc(Cl)cc1. The van der Waals surface area contributed by atoms with Gasteiger partial charge in [-0.05, 0) is 72.5 Å². The highest BCUT2D eigenvalue weighted by Crippen LogP contribution is 2.35. The van der Waals surface area contributed by atoms with Crippen LogP contribution in [0.25, 0.3) is 11.1 Å².